The van der Waals surface area contributed by atoms with Crippen LogP contribution < -0.4 is 14.7 Å². The van der Waals surface area contributed by atoms with Crippen molar-refractivity contribution in [1.82, 2.24) is 19.9 Å². The normalized spacial score (nSPS) is 19.0. The predicted molar refractivity (Wildman–Crippen MR) is 198 cm³/mol. The largest absolute Gasteiger partial charge is 0.479 e. The van der Waals surface area contributed by atoms with E-state index in [-0.39, 0.29) is 12.0 Å². The smallest absolute Gasteiger partial charge is 0.337 e. The summed E-state index contributed by atoms with van der Waals surface area (Å²) in [5.41, 5.74) is 7.40. The maximum absolute atomic E-state index is 12.9. The molecule has 11 heteroatoms. The van der Waals surface area contributed by atoms with Gasteiger partial charge < -0.3 is 29.6 Å². The van der Waals surface area contributed by atoms with Crippen LogP contribution in [0.15, 0.2) is 30.5 Å². The molecule has 2 saturated heterocycles. The van der Waals surface area contributed by atoms with Gasteiger partial charge in [0.2, 0.25) is 5.95 Å². The van der Waals surface area contributed by atoms with Crippen molar-refractivity contribution in [3.8, 4) is 11.1 Å². The molecule has 3 aliphatic rings. The highest BCUT2D eigenvalue weighted by molar-refractivity contribution is 5.88. The SMILES string of the molecule is Cc1nc(C)c([C@H](OC(C)(C)C)C(=O)O)c(N2CCC(C)(C)CC2)c1-c1ccc2c(c1)CCN(c1ccnc(N3CCN(CCO)CC3)n1)C2. The van der Waals surface area contributed by atoms with Crippen LogP contribution in [0.3, 0.4) is 0 Å². The Morgan fingerprint density at radius 2 is 1.64 bits per heavy atom. The number of fused-ring (bicyclic) bond motifs is 1. The second kappa shape index (κ2) is 14.4. The summed E-state index contributed by atoms with van der Waals surface area (Å²) in [5, 5.41) is 19.8. The highest BCUT2D eigenvalue weighted by atomic mass is 16.5. The van der Waals surface area contributed by atoms with Crippen LogP contribution in [0.2, 0.25) is 0 Å². The Kier molecular flexibility index (Phi) is 10.4. The number of carbonyl (C=O) groups is 1. The Hall–Kier alpha value is -3.80. The van der Waals surface area contributed by atoms with Gasteiger partial charge in [-0.25, -0.2) is 9.78 Å². The van der Waals surface area contributed by atoms with Crippen molar-refractivity contribution in [2.24, 2.45) is 5.41 Å². The first-order chi connectivity index (χ1) is 23.7. The Balaban J connectivity index is 1.32. The van der Waals surface area contributed by atoms with Crippen molar-refractivity contribution in [3.63, 3.8) is 0 Å². The molecule has 50 heavy (non-hydrogen) atoms. The van der Waals surface area contributed by atoms with Crippen LogP contribution in [0.4, 0.5) is 17.5 Å². The Bertz CT molecular complexity index is 1690. The fraction of sp³-hybridized carbons (Fsp3) is 0.590. The summed E-state index contributed by atoms with van der Waals surface area (Å²) in [6.07, 6.45) is 3.63. The molecule has 0 bridgehead atoms. The number of carboxylic acid groups (broad SMARTS) is 1. The number of benzene rings is 1. The van der Waals surface area contributed by atoms with Gasteiger partial charge in [0, 0.05) is 87.6 Å². The number of aryl methyl sites for hydroxylation is 2. The maximum Gasteiger partial charge on any atom is 0.337 e. The molecule has 3 aliphatic heterocycles. The summed E-state index contributed by atoms with van der Waals surface area (Å²) in [6.45, 7) is 21.9. The highest BCUT2D eigenvalue weighted by Gasteiger charge is 2.37. The minimum atomic E-state index is -1.14. The van der Waals surface area contributed by atoms with Gasteiger partial charge in [0.15, 0.2) is 6.10 Å². The molecular weight excluding hydrogens is 630 g/mol. The molecule has 11 nitrogen and oxygen atoms in total. The molecule has 0 radical (unpaired) electrons. The van der Waals surface area contributed by atoms with Gasteiger partial charge in [-0.2, -0.15) is 4.98 Å². The van der Waals surface area contributed by atoms with Gasteiger partial charge in [-0.15, -0.1) is 0 Å². The van der Waals surface area contributed by atoms with Crippen LogP contribution >= 0.6 is 0 Å². The van der Waals surface area contributed by atoms with Crippen molar-refractivity contribution in [2.75, 3.05) is 73.7 Å². The number of aliphatic hydroxyl groups excluding tert-OH is 1. The van der Waals surface area contributed by atoms with Crippen LogP contribution in [0.5, 0.6) is 0 Å². The number of piperidine rings is 1. The van der Waals surface area contributed by atoms with E-state index in [2.05, 4.69) is 56.6 Å². The molecule has 0 unspecified atom stereocenters. The van der Waals surface area contributed by atoms with E-state index in [4.69, 9.17) is 14.7 Å². The zero-order chi connectivity index (χ0) is 35.8. The zero-order valence-electron chi connectivity index (χ0n) is 31.0. The fourth-order valence-electron chi connectivity index (χ4n) is 7.64. The number of β-amino-alcohol motifs (C(OH)–C–C–N with tert-alkyl or cyclic N) is 1. The number of aromatic nitrogens is 3. The summed E-state index contributed by atoms with van der Waals surface area (Å²) in [4.78, 5) is 36.7. The lowest BCUT2D eigenvalue weighted by Crippen LogP contribution is -2.47. The van der Waals surface area contributed by atoms with Crippen LogP contribution in [0.1, 0.15) is 81.6 Å². The zero-order valence-corrected chi connectivity index (χ0v) is 31.0. The number of rotatable bonds is 9. The molecule has 270 valence electrons. The summed E-state index contributed by atoms with van der Waals surface area (Å²) < 4.78 is 6.28. The van der Waals surface area contributed by atoms with Gasteiger partial charge in [0.25, 0.3) is 0 Å². The van der Waals surface area contributed by atoms with Gasteiger partial charge in [-0.3, -0.25) is 9.88 Å². The minimum absolute atomic E-state index is 0.183. The van der Waals surface area contributed by atoms with Crippen LogP contribution in [-0.4, -0.2) is 101 Å². The molecule has 0 saturated carbocycles. The fourth-order valence-corrected chi connectivity index (χ4v) is 7.64. The molecular formula is C39H55N7O4. The number of aliphatic hydroxyl groups is 1. The van der Waals surface area contributed by atoms with Crippen molar-refractivity contribution in [2.45, 2.75) is 86.0 Å². The summed E-state index contributed by atoms with van der Waals surface area (Å²) in [5.74, 6) is 0.689. The molecule has 0 aliphatic carbocycles. The average Bonchev–Trinajstić information content (AvgIpc) is 3.07. The lowest BCUT2D eigenvalue weighted by atomic mass is 9.81. The third-order valence-corrected chi connectivity index (χ3v) is 10.5. The topological polar surface area (TPSA) is 118 Å². The van der Waals surface area contributed by atoms with E-state index in [9.17, 15) is 15.0 Å². The number of carboxylic acids is 1. The number of piperazine rings is 1. The monoisotopic (exact) mass is 685 g/mol. The minimum Gasteiger partial charge on any atom is -0.479 e. The molecule has 6 rings (SSSR count). The summed E-state index contributed by atoms with van der Waals surface area (Å²) >= 11 is 0. The van der Waals surface area contributed by atoms with E-state index in [1.807, 2.05) is 46.9 Å². The number of nitrogens with zero attached hydrogens (tertiary/aromatic N) is 7. The third kappa shape index (κ3) is 7.90. The molecule has 0 amide bonds. The van der Waals surface area contributed by atoms with E-state index in [0.29, 0.717) is 17.8 Å². The summed E-state index contributed by atoms with van der Waals surface area (Å²) in [7, 11) is 0. The molecule has 2 aromatic heterocycles. The van der Waals surface area contributed by atoms with E-state index < -0.39 is 17.7 Å². The highest BCUT2D eigenvalue weighted by Crippen LogP contribution is 2.45. The molecule has 3 aromatic rings. The lowest BCUT2D eigenvalue weighted by molar-refractivity contribution is -0.160. The summed E-state index contributed by atoms with van der Waals surface area (Å²) in [6, 6.07) is 8.70. The number of hydrogen-bond donors (Lipinski definition) is 2. The number of aliphatic carboxylic acids is 1. The maximum atomic E-state index is 12.9. The average molecular weight is 686 g/mol. The van der Waals surface area contributed by atoms with E-state index in [1.165, 1.54) is 11.1 Å². The Morgan fingerprint density at radius 3 is 2.30 bits per heavy atom. The number of anilines is 3. The van der Waals surface area contributed by atoms with Gasteiger partial charge in [-0.1, -0.05) is 32.0 Å². The number of hydrogen-bond acceptors (Lipinski definition) is 10. The molecule has 5 heterocycles. The van der Waals surface area contributed by atoms with E-state index in [1.54, 1.807) is 0 Å². The van der Waals surface area contributed by atoms with Gasteiger partial charge in [-0.05, 0) is 82.1 Å². The first-order valence-electron chi connectivity index (χ1n) is 18.2. The first kappa shape index (κ1) is 36.0. The molecule has 0 spiro atoms. The molecule has 2 N–H and O–H groups in total. The van der Waals surface area contributed by atoms with Crippen molar-refractivity contribution in [3.05, 3.63) is 58.5 Å². The second-order valence-electron chi connectivity index (χ2n) is 15.9. The first-order valence-corrected chi connectivity index (χ1v) is 18.2. The van der Waals surface area contributed by atoms with Crippen LogP contribution in [0, 0.1) is 19.3 Å². The van der Waals surface area contributed by atoms with Crippen LogP contribution in [0.25, 0.3) is 11.1 Å². The van der Waals surface area contributed by atoms with Crippen molar-refractivity contribution >= 4 is 23.4 Å². The van der Waals surface area contributed by atoms with Crippen molar-refractivity contribution < 1.29 is 19.7 Å². The van der Waals surface area contributed by atoms with Gasteiger partial charge in [0.1, 0.15) is 5.82 Å². The van der Waals surface area contributed by atoms with Crippen molar-refractivity contribution in [1.29, 1.82) is 0 Å². The molecule has 1 aromatic carbocycles. The van der Waals surface area contributed by atoms with Gasteiger partial charge >= 0.3 is 5.97 Å². The van der Waals surface area contributed by atoms with Crippen LogP contribution in [-0.2, 0) is 22.5 Å². The number of pyridine rings is 1. The number of ether oxygens (including phenoxy) is 1. The molecule has 1 atom stereocenters. The quantitative estimate of drug-likeness (QED) is 0.302. The Labute approximate surface area is 297 Å². The Morgan fingerprint density at radius 1 is 0.920 bits per heavy atom. The van der Waals surface area contributed by atoms with E-state index in [0.717, 1.165) is 106 Å². The standard InChI is InChI=1S/C39H55N7O4/c1-26-32(34(44-16-12-39(6,7)13-17-44)33(27(2)41-26)35(36(48)49)50-38(3,4)5)29-8-9-30-25-46(15-11-28(30)24-29)31-10-14-40-37(42-31)45-20-18-43(19-21-45)22-23-47/h8-10,14,24,35,47H,11-13,15-23,25H2,1-7H3,(H,48,49)/t35-/m0/s1. The lowest BCUT2D eigenvalue weighted by Gasteiger charge is -2.41. The van der Waals surface area contributed by atoms with E-state index >= 15 is 0 Å². The third-order valence-electron chi connectivity index (χ3n) is 10.5. The van der Waals surface area contributed by atoms with Gasteiger partial charge in [0.05, 0.1) is 17.9 Å². The molecule has 2 fully saturated rings. The predicted octanol–water partition coefficient (Wildman–Crippen LogP) is 5.40. The second-order valence-corrected chi connectivity index (χ2v) is 15.9.